The van der Waals surface area contributed by atoms with Gasteiger partial charge in [-0.15, -0.1) is 0 Å². The maximum Gasteiger partial charge on any atom is 0.415 e. The van der Waals surface area contributed by atoms with Crippen LogP contribution >= 0.6 is 0 Å². The van der Waals surface area contributed by atoms with Gasteiger partial charge in [0.25, 0.3) is 5.56 Å². The Hall–Kier alpha value is -5.84. The summed E-state index contributed by atoms with van der Waals surface area (Å²) in [6.45, 7) is 15.1. The number of aromatic nitrogens is 2. The van der Waals surface area contributed by atoms with Gasteiger partial charge in [-0.25, -0.2) is 14.6 Å². The van der Waals surface area contributed by atoms with Gasteiger partial charge >= 0.3 is 24.0 Å². The van der Waals surface area contributed by atoms with Crippen molar-refractivity contribution in [3.05, 3.63) is 56.9 Å². The molecule has 0 saturated carbocycles. The first-order valence-corrected chi connectivity index (χ1v) is 21.7. The normalized spacial score (nSPS) is 19.4. The second-order valence-electron chi connectivity index (χ2n) is 18.8. The van der Waals surface area contributed by atoms with Gasteiger partial charge < -0.3 is 43.3 Å². The van der Waals surface area contributed by atoms with E-state index in [2.05, 4.69) is 0 Å². The van der Waals surface area contributed by atoms with Crippen molar-refractivity contribution in [3.63, 3.8) is 0 Å². The maximum absolute atomic E-state index is 13.7. The van der Waals surface area contributed by atoms with Crippen LogP contribution in [0.5, 0.6) is 5.75 Å². The van der Waals surface area contributed by atoms with Crippen molar-refractivity contribution in [3.8, 4) is 17.1 Å². The Morgan fingerprint density at radius 1 is 0.810 bits per heavy atom. The molecule has 0 unspecified atom stereocenters. The summed E-state index contributed by atoms with van der Waals surface area (Å²) in [5.41, 5.74) is -1.86. The Kier molecular flexibility index (Phi) is 12.0. The van der Waals surface area contributed by atoms with Crippen LogP contribution in [-0.2, 0) is 63.4 Å². The van der Waals surface area contributed by atoms with Crippen molar-refractivity contribution < 1.29 is 52.8 Å². The molecule has 17 nitrogen and oxygen atoms in total. The van der Waals surface area contributed by atoms with Gasteiger partial charge in [-0.2, -0.15) is 0 Å². The van der Waals surface area contributed by atoms with Gasteiger partial charge in [0.15, 0.2) is 11.0 Å². The molecule has 1 atom stereocenters. The smallest absolute Gasteiger partial charge is 0.415 e. The topological polar surface area (TPSA) is 204 Å². The number of hydrogen-bond donors (Lipinski definition) is 1. The SMILES string of the molecule is CCc1ccc(OC(=O)N2CCN(C(=O)CCC(=O)N3CCC(C(=O)OC(C)(C)C)(C(=O)OC(C)(C)C)CC3)CC2)c2cc3c(nc12)-c1cc2c(c(=O)n1C3)COC(=O)[C@]2(O)CC. The summed E-state index contributed by atoms with van der Waals surface area (Å²) in [4.78, 5) is 103. The Morgan fingerprint density at radius 3 is 1.94 bits per heavy atom. The summed E-state index contributed by atoms with van der Waals surface area (Å²) in [7, 11) is 0. The van der Waals surface area contributed by atoms with Gasteiger partial charge in [0, 0.05) is 68.6 Å². The number of aliphatic hydroxyl groups is 1. The molecule has 6 heterocycles. The van der Waals surface area contributed by atoms with Crippen LogP contribution in [0.1, 0.15) is 110 Å². The van der Waals surface area contributed by atoms with Gasteiger partial charge in [0.2, 0.25) is 11.8 Å². The fourth-order valence-corrected chi connectivity index (χ4v) is 8.68. The number of amides is 3. The Bertz CT molecular complexity index is 2420. The quantitative estimate of drug-likeness (QED) is 0.149. The van der Waals surface area contributed by atoms with Crippen LogP contribution in [0.15, 0.2) is 29.1 Å². The van der Waals surface area contributed by atoms with Gasteiger partial charge in [-0.05, 0) is 91.0 Å². The van der Waals surface area contributed by atoms with E-state index in [4.69, 9.17) is 23.9 Å². The second-order valence-corrected chi connectivity index (χ2v) is 18.8. The van der Waals surface area contributed by atoms with E-state index in [9.17, 15) is 38.7 Å². The van der Waals surface area contributed by atoms with E-state index in [1.54, 1.807) is 75.0 Å². The van der Waals surface area contributed by atoms with Crippen LogP contribution in [0.3, 0.4) is 0 Å². The summed E-state index contributed by atoms with van der Waals surface area (Å²) < 4.78 is 24.0. The van der Waals surface area contributed by atoms with Crippen LogP contribution in [-0.4, -0.2) is 116 Å². The molecule has 4 aliphatic rings. The Labute approximate surface area is 365 Å². The molecule has 2 aromatic heterocycles. The number of aryl methyl sites for hydroxylation is 1. The zero-order valence-corrected chi connectivity index (χ0v) is 37.4. The molecule has 2 saturated heterocycles. The van der Waals surface area contributed by atoms with Gasteiger partial charge in [0.1, 0.15) is 23.6 Å². The van der Waals surface area contributed by atoms with Crippen molar-refractivity contribution in [1.29, 1.82) is 0 Å². The summed E-state index contributed by atoms with van der Waals surface area (Å²) >= 11 is 0. The maximum atomic E-state index is 13.7. The van der Waals surface area contributed by atoms with Crippen LogP contribution in [0.25, 0.3) is 22.3 Å². The fraction of sp³-hybridized carbons (Fsp3) is 0.565. The number of piperazine rings is 1. The summed E-state index contributed by atoms with van der Waals surface area (Å²) in [6, 6.07) is 7.08. The number of likely N-dealkylation sites (tertiary alicyclic amines) is 1. The average Bonchev–Trinajstić information content (AvgIpc) is 3.60. The molecular weight excluding hydrogens is 815 g/mol. The molecule has 4 aliphatic heterocycles. The lowest BCUT2D eigenvalue weighted by molar-refractivity contribution is -0.190. The Morgan fingerprint density at radius 2 is 1.38 bits per heavy atom. The molecule has 7 rings (SSSR count). The summed E-state index contributed by atoms with van der Waals surface area (Å²) in [5, 5.41) is 11.8. The second kappa shape index (κ2) is 16.7. The fourth-order valence-electron chi connectivity index (χ4n) is 8.68. The molecular formula is C46H57N5O12. The molecule has 0 spiro atoms. The number of benzene rings is 1. The van der Waals surface area contributed by atoms with E-state index >= 15 is 0 Å². The minimum absolute atomic E-state index is 0.0298. The molecule has 0 aliphatic carbocycles. The zero-order chi connectivity index (χ0) is 45.8. The molecule has 3 aromatic rings. The predicted molar refractivity (Wildman–Crippen MR) is 227 cm³/mol. The first-order chi connectivity index (χ1) is 29.6. The van der Waals surface area contributed by atoms with Gasteiger partial charge in [0.05, 0.1) is 29.0 Å². The van der Waals surface area contributed by atoms with E-state index in [1.807, 2.05) is 19.1 Å². The molecule has 0 radical (unpaired) electrons. The van der Waals surface area contributed by atoms with Crippen molar-refractivity contribution in [2.75, 3.05) is 39.3 Å². The lowest BCUT2D eigenvalue weighted by Crippen LogP contribution is -2.54. The van der Waals surface area contributed by atoms with Crippen molar-refractivity contribution in [1.82, 2.24) is 24.3 Å². The number of pyridine rings is 2. The van der Waals surface area contributed by atoms with Gasteiger partial charge in [-0.3, -0.25) is 24.0 Å². The lowest BCUT2D eigenvalue weighted by Gasteiger charge is -2.40. The molecule has 2 fully saturated rings. The minimum Gasteiger partial charge on any atom is -0.459 e. The number of hydrogen-bond acceptors (Lipinski definition) is 13. The van der Waals surface area contributed by atoms with Crippen molar-refractivity contribution >= 4 is 46.7 Å². The number of piperidine rings is 1. The van der Waals surface area contributed by atoms with E-state index < -0.39 is 46.2 Å². The van der Waals surface area contributed by atoms with E-state index in [0.29, 0.717) is 34.3 Å². The highest BCUT2D eigenvalue weighted by Gasteiger charge is 2.53. The third-order valence-electron chi connectivity index (χ3n) is 12.3. The monoisotopic (exact) mass is 871 g/mol. The van der Waals surface area contributed by atoms with Crippen LogP contribution in [0.2, 0.25) is 0 Å². The lowest BCUT2D eigenvalue weighted by atomic mass is 9.77. The number of fused-ring (bicyclic) bond motifs is 5. The van der Waals surface area contributed by atoms with Crippen LogP contribution in [0, 0.1) is 5.41 Å². The predicted octanol–water partition coefficient (Wildman–Crippen LogP) is 4.36. The third kappa shape index (κ3) is 8.63. The highest BCUT2D eigenvalue weighted by molar-refractivity contribution is 6.01. The molecule has 1 aromatic carbocycles. The zero-order valence-electron chi connectivity index (χ0n) is 37.4. The van der Waals surface area contributed by atoms with E-state index in [-0.39, 0.29) is 119 Å². The largest absolute Gasteiger partial charge is 0.459 e. The molecule has 1 N–H and O–H groups in total. The van der Waals surface area contributed by atoms with Gasteiger partial charge in [-0.1, -0.05) is 19.9 Å². The van der Waals surface area contributed by atoms with E-state index in [0.717, 1.165) is 5.56 Å². The molecule has 3 amide bonds. The summed E-state index contributed by atoms with van der Waals surface area (Å²) in [6.07, 6.45) is 0.0306. The first kappa shape index (κ1) is 45.2. The molecule has 17 heteroatoms. The number of nitrogens with zero attached hydrogens (tertiary/aromatic N) is 5. The van der Waals surface area contributed by atoms with Crippen LogP contribution in [0.4, 0.5) is 4.79 Å². The third-order valence-corrected chi connectivity index (χ3v) is 12.3. The molecule has 338 valence electrons. The minimum atomic E-state index is -1.95. The highest BCUT2D eigenvalue weighted by Crippen LogP contribution is 2.41. The van der Waals surface area contributed by atoms with E-state index in [1.165, 1.54) is 4.90 Å². The standard InChI is InChI=1S/C46H57N5O12/c1-9-27-11-12-33(29-23-28-25-51-32(37(28)47-36(27)29)24-31-30(38(51)54)26-60-41(57)46(31,59)10-2)61-42(58)50-21-19-49(20-22-50)35(53)14-13-34(52)48-17-15-45(16-18-48,39(55)62-43(3,4)5)40(56)63-44(6,7)8/h11-12,23-24,59H,9-10,13-22,25-26H2,1-8H3/t46-/m0/s1. The molecule has 0 bridgehead atoms. The first-order valence-electron chi connectivity index (χ1n) is 21.7. The van der Waals surface area contributed by atoms with Crippen molar-refractivity contribution in [2.24, 2.45) is 5.41 Å². The Balaban J connectivity index is 0.964. The molecule has 63 heavy (non-hydrogen) atoms. The number of carbonyl (C=O) groups excluding carboxylic acids is 6. The number of cyclic esters (lactones) is 1. The number of rotatable bonds is 8. The van der Waals surface area contributed by atoms with Crippen LogP contribution < -0.4 is 10.3 Å². The summed E-state index contributed by atoms with van der Waals surface area (Å²) in [5.74, 6) is -2.36. The number of ether oxygens (including phenoxy) is 4. The highest BCUT2D eigenvalue weighted by atomic mass is 16.6. The number of carbonyl (C=O) groups is 6. The number of esters is 3. The average molecular weight is 872 g/mol. The van der Waals surface area contributed by atoms with Crippen molar-refractivity contribution in [2.45, 2.75) is 124 Å².